The Morgan fingerprint density at radius 1 is 0.806 bits per heavy atom. The van der Waals surface area contributed by atoms with E-state index in [2.05, 4.69) is 4.90 Å². The molecule has 2 heterocycles. The number of amides is 3. The van der Waals surface area contributed by atoms with Crippen LogP contribution < -0.4 is 14.2 Å². The van der Waals surface area contributed by atoms with Crippen LogP contribution in [0.5, 0.6) is 17.2 Å². The van der Waals surface area contributed by atoms with E-state index in [9.17, 15) is 9.59 Å². The number of methoxy groups -OCH3 is 4. The summed E-state index contributed by atoms with van der Waals surface area (Å²) >= 11 is 0. The fraction of sp³-hybridized carbons (Fsp3) is 0.481. The number of imide groups is 1. The highest BCUT2D eigenvalue weighted by Crippen LogP contribution is 2.38. The van der Waals surface area contributed by atoms with Gasteiger partial charge in [0.1, 0.15) is 22.8 Å². The van der Waals surface area contributed by atoms with Gasteiger partial charge in [-0.3, -0.25) is 14.6 Å². The van der Waals surface area contributed by atoms with Crippen molar-refractivity contribution in [3.8, 4) is 17.2 Å². The molecule has 9 nitrogen and oxygen atoms in total. The van der Waals surface area contributed by atoms with Crippen LogP contribution in [-0.2, 0) is 22.6 Å². The molecule has 3 amide bonds. The number of likely N-dealkylation sites (tertiary alicyclic amines) is 1. The number of piperidine rings is 1. The van der Waals surface area contributed by atoms with Crippen molar-refractivity contribution in [1.29, 1.82) is 0 Å². The van der Waals surface area contributed by atoms with E-state index < -0.39 is 5.54 Å². The Kier molecular flexibility index (Phi) is 8.01. The molecule has 2 saturated heterocycles. The lowest BCUT2D eigenvalue weighted by Gasteiger charge is -2.42. The predicted octanol–water partition coefficient (Wildman–Crippen LogP) is 3.16. The van der Waals surface area contributed by atoms with E-state index in [0.29, 0.717) is 51.4 Å². The van der Waals surface area contributed by atoms with Gasteiger partial charge in [-0.1, -0.05) is 12.1 Å². The molecule has 2 fully saturated rings. The highest BCUT2D eigenvalue weighted by atomic mass is 16.5. The van der Waals surface area contributed by atoms with Gasteiger partial charge in [0.05, 0.1) is 34.5 Å². The van der Waals surface area contributed by atoms with Crippen LogP contribution in [0.1, 0.15) is 24.0 Å². The Hall–Kier alpha value is -3.30. The highest BCUT2D eigenvalue weighted by Gasteiger charge is 2.57. The van der Waals surface area contributed by atoms with Gasteiger partial charge in [-0.15, -0.1) is 0 Å². The molecule has 0 bridgehead atoms. The summed E-state index contributed by atoms with van der Waals surface area (Å²) in [6.45, 7) is 3.05. The third-order valence-electron chi connectivity index (χ3n) is 7.12. The molecule has 2 aromatic carbocycles. The van der Waals surface area contributed by atoms with Crippen molar-refractivity contribution in [3.63, 3.8) is 0 Å². The molecule has 0 saturated carbocycles. The first kappa shape index (κ1) is 25.8. The standard InChI is InChI=1S/C27H35N3O6/c1-33-13-12-30-26(32)29(19-20-6-5-7-22(14-20)34-2)25(31)27(30)8-10-28(11-9-27)18-21-15-23(35-3)17-24(16-21)36-4/h5-7,14-17H,8-13,18-19H2,1-4H3. The monoisotopic (exact) mass is 497 g/mol. The van der Waals surface area contributed by atoms with Crippen LogP contribution in [0.15, 0.2) is 42.5 Å². The largest absolute Gasteiger partial charge is 0.497 e. The zero-order valence-electron chi connectivity index (χ0n) is 21.5. The number of hydrogen-bond acceptors (Lipinski definition) is 7. The second-order valence-electron chi connectivity index (χ2n) is 9.20. The minimum atomic E-state index is -0.850. The summed E-state index contributed by atoms with van der Waals surface area (Å²) in [6, 6.07) is 13.1. The summed E-state index contributed by atoms with van der Waals surface area (Å²) in [7, 11) is 6.48. The Morgan fingerprint density at radius 2 is 1.44 bits per heavy atom. The lowest BCUT2D eigenvalue weighted by Crippen LogP contribution is -2.57. The number of carbonyl (C=O) groups excluding carboxylic acids is 2. The van der Waals surface area contributed by atoms with Crippen LogP contribution in [0.3, 0.4) is 0 Å². The Labute approximate surface area is 212 Å². The van der Waals surface area contributed by atoms with Crippen molar-refractivity contribution in [2.75, 3.05) is 54.7 Å². The quantitative estimate of drug-likeness (QED) is 0.467. The van der Waals surface area contributed by atoms with Crippen LogP contribution in [0.25, 0.3) is 0 Å². The second-order valence-corrected chi connectivity index (χ2v) is 9.20. The molecule has 0 aliphatic carbocycles. The van der Waals surface area contributed by atoms with Gasteiger partial charge in [-0.2, -0.15) is 0 Å². The first-order valence-electron chi connectivity index (χ1n) is 12.1. The van der Waals surface area contributed by atoms with E-state index in [-0.39, 0.29) is 18.5 Å². The van der Waals surface area contributed by atoms with Gasteiger partial charge >= 0.3 is 6.03 Å². The fourth-order valence-corrected chi connectivity index (χ4v) is 5.15. The van der Waals surface area contributed by atoms with Crippen LogP contribution >= 0.6 is 0 Å². The SMILES string of the molecule is COCCN1C(=O)N(Cc2cccc(OC)c2)C(=O)C12CCN(Cc1cc(OC)cc(OC)c1)CC2. The maximum Gasteiger partial charge on any atom is 0.328 e. The molecular weight excluding hydrogens is 462 g/mol. The molecule has 9 heteroatoms. The summed E-state index contributed by atoms with van der Waals surface area (Å²) < 4.78 is 21.4. The number of hydrogen-bond donors (Lipinski definition) is 0. The lowest BCUT2D eigenvalue weighted by atomic mass is 9.85. The van der Waals surface area contributed by atoms with Crippen molar-refractivity contribution >= 4 is 11.9 Å². The number of rotatable bonds is 10. The molecule has 4 rings (SSSR count). The maximum absolute atomic E-state index is 13.8. The number of nitrogens with zero attached hydrogens (tertiary/aromatic N) is 3. The summed E-state index contributed by atoms with van der Waals surface area (Å²) in [5, 5.41) is 0. The van der Waals surface area contributed by atoms with Gasteiger partial charge in [0.25, 0.3) is 5.91 Å². The van der Waals surface area contributed by atoms with E-state index in [1.54, 1.807) is 33.3 Å². The highest BCUT2D eigenvalue weighted by molar-refractivity contribution is 6.07. The zero-order valence-corrected chi connectivity index (χ0v) is 21.5. The first-order chi connectivity index (χ1) is 17.4. The van der Waals surface area contributed by atoms with Crippen molar-refractivity contribution in [1.82, 2.24) is 14.7 Å². The summed E-state index contributed by atoms with van der Waals surface area (Å²) in [5.74, 6) is 2.05. The predicted molar refractivity (Wildman–Crippen MR) is 134 cm³/mol. The third-order valence-corrected chi connectivity index (χ3v) is 7.12. The van der Waals surface area contributed by atoms with Crippen molar-refractivity contribution < 1.29 is 28.5 Å². The van der Waals surface area contributed by atoms with Gasteiger partial charge in [0, 0.05) is 39.4 Å². The summed E-state index contributed by atoms with van der Waals surface area (Å²) in [4.78, 5) is 32.7. The van der Waals surface area contributed by atoms with E-state index in [1.165, 1.54) is 4.90 Å². The smallest absolute Gasteiger partial charge is 0.328 e. The third kappa shape index (κ3) is 5.12. The number of ether oxygens (including phenoxy) is 4. The second kappa shape index (κ2) is 11.2. The minimum Gasteiger partial charge on any atom is -0.497 e. The molecule has 0 unspecified atom stereocenters. The zero-order chi connectivity index (χ0) is 25.7. The minimum absolute atomic E-state index is 0.130. The normalized spacial score (nSPS) is 17.7. The van der Waals surface area contributed by atoms with Crippen LogP contribution in [0.4, 0.5) is 4.79 Å². The molecule has 194 valence electrons. The van der Waals surface area contributed by atoms with Crippen LogP contribution in [-0.4, -0.2) is 86.9 Å². The van der Waals surface area contributed by atoms with E-state index >= 15 is 0 Å². The Balaban J connectivity index is 1.51. The average Bonchev–Trinajstić information content (AvgIpc) is 3.09. The molecule has 2 aliphatic heterocycles. The summed E-state index contributed by atoms with van der Waals surface area (Å²) in [6.07, 6.45) is 1.13. The van der Waals surface area contributed by atoms with Crippen molar-refractivity contribution in [2.45, 2.75) is 31.5 Å². The number of carbonyl (C=O) groups is 2. The molecule has 0 radical (unpaired) electrons. The average molecular weight is 498 g/mol. The van der Waals surface area contributed by atoms with Gasteiger partial charge in [0.2, 0.25) is 0 Å². The van der Waals surface area contributed by atoms with Gasteiger partial charge < -0.3 is 23.8 Å². The van der Waals surface area contributed by atoms with E-state index in [1.807, 2.05) is 42.5 Å². The first-order valence-corrected chi connectivity index (χ1v) is 12.1. The molecule has 0 aromatic heterocycles. The van der Waals surface area contributed by atoms with Crippen molar-refractivity contribution in [3.05, 3.63) is 53.6 Å². The molecule has 2 aliphatic rings. The molecular formula is C27H35N3O6. The number of urea groups is 1. The molecule has 2 aromatic rings. The maximum atomic E-state index is 13.8. The fourth-order valence-electron chi connectivity index (χ4n) is 5.15. The molecule has 0 atom stereocenters. The Morgan fingerprint density at radius 3 is 2.06 bits per heavy atom. The lowest BCUT2D eigenvalue weighted by molar-refractivity contribution is -0.136. The van der Waals surface area contributed by atoms with Crippen LogP contribution in [0.2, 0.25) is 0 Å². The van der Waals surface area contributed by atoms with Gasteiger partial charge in [0.15, 0.2) is 0 Å². The van der Waals surface area contributed by atoms with Crippen molar-refractivity contribution in [2.24, 2.45) is 0 Å². The molecule has 0 N–H and O–H groups in total. The van der Waals surface area contributed by atoms with E-state index in [4.69, 9.17) is 18.9 Å². The Bertz CT molecular complexity index is 1060. The summed E-state index contributed by atoms with van der Waals surface area (Å²) in [5.41, 5.74) is 1.08. The van der Waals surface area contributed by atoms with Crippen LogP contribution in [0, 0.1) is 0 Å². The number of benzene rings is 2. The van der Waals surface area contributed by atoms with Gasteiger partial charge in [-0.25, -0.2) is 4.79 Å². The molecule has 36 heavy (non-hydrogen) atoms. The van der Waals surface area contributed by atoms with E-state index in [0.717, 1.165) is 22.6 Å². The topological polar surface area (TPSA) is 80.8 Å². The molecule has 1 spiro atoms. The van der Waals surface area contributed by atoms with Gasteiger partial charge in [-0.05, 0) is 48.2 Å².